The van der Waals surface area contributed by atoms with Crippen molar-refractivity contribution in [1.82, 2.24) is 10.3 Å². The van der Waals surface area contributed by atoms with Crippen molar-refractivity contribution < 1.29 is 4.74 Å². The summed E-state index contributed by atoms with van der Waals surface area (Å²) in [4.78, 5) is 4.02. The van der Waals surface area contributed by atoms with Crippen LogP contribution in [0.4, 0.5) is 0 Å². The maximum Gasteiger partial charge on any atom is 0.0621 e. The van der Waals surface area contributed by atoms with Crippen molar-refractivity contribution in [2.24, 2.45) is 5.92 Å². The van der Waals surface area contributed by atoms with Gasteiger partial charge in [0.2, 0.25) is 0 Å². The van der Waals surface area contributed by atoms with Crippen LogP contribution >= 0.6 is 11.6 Å². The third-order valence-electron chi connectivity index (χ3n) is 2.95. The van der Waals surface area contributed by atoms with E-state index in [2.05, 4.69) is 24.1 Å². The number of nitrogens with one attached hydrogen (secondary N) is 1. The first-order valence-electron chi connectivity index (χ1n) is 6.48. The summed E-state index contributed by atoms with van der Waals surface area (Å²) in [6, 6.07) is 2.42. The predicted molar refractivity (Wildman–Crippen MR) is 76.1 cm³/mol. The average Bonchev–Trinajstić information content (AvgIpc) is 2.32. The Balaban J connectivity index is 2.59. The van der Waals surface area contributed by atoms with Crippen molar-refractivity contribution in [2.75, 3.05) is 20.3 Å². The van der Waals surface area contributed by atoms with Crippen LogP contribution in [0, 0.1) is 5.92 Å². The number of hydrogen-bond donors (Lipinski definition) is 1. The van der Waals surface area contributed by atoms with E-state index in [4.69, 9.17) is 16.3 Å². The van der Waals surface area contributed by atoms with Crippen molar-refractivity contribution in [3.05, 3.63) is 29.0 Å². The van der Waals surface area contributed by atoms with Gasteiger partial charge in [-0.2, -0.15) is 0 Å². The van der Waals surface area contributed by atoms with Gasteiger partial charge in [0.25, 0.3) is 0 Å². The zero-order valence-electron chi connectivity index (χ0n) is 11.4. The van der Waals surface area contributed by atoms with E-state index < -0.39 is 0 Å². The Bertz CT molecular complexity index is 346. The summed E-state index contributed by atoms with van der Waals surface area (Å²) in [5.41, 5.74) is 1.15. The molecule has 0 aliphatic heterocycles. The molecule has 0 fully saturated rings. The monoisotopic (exact) mass is 270 g/mol. The van der Waals surface area contributed by atoms with Gasteiger partial charge in [-0.05, 0) is 36.9 Å². The highest BCUT2D eigenvalue weighted by Gasteiger charge is 2.14. The van der Waals surface area contributed by atoms with E-state index >= 15 is 0 Å². The van der Waals surface area contributed by atoms with Gasteiger partial charge in [0.1, 0.15) is 0 Å². The molecule has 2 atom stereocenters. The van der Waals surface area contributed by atoms with E-state index in [-0.39, 0.29) is 0 Å². The van der Waals surface area contributed by atoms with Crippen molar-refractivity contribution in [1.29, 1.82) is 0 Å². The highest BCUT2D eigenvalue weighted by atomic mass is 35.5. The third kappa shape index (κ3) is 5.34. The first-order chi connectivity index (χ1) is 8.67. The third-order valence-corrected chi connectivity index (χ3v) is 3.29. The number of methoxy groups -OCH3 is 1. The van der Waals surface area contributed by atoms with E-state index in [9.17, 15) is 0 Å². The molecule has 0 spiro atoms. The minimum Gasteiger partial charge on any atom is -0.384 e. The number of pyridine rings is 1. The van der Waals surface area contributed by atoms with Crippen LogP contribution in [-0.2, 0) is 11.2 Å². The standard InChI is InChI=1S/C14H23ClN2O/c1-4-17-13(7-11(2)10-18-3)8-12-5-6-16-9-14(12)15/h5-6,9,11,13,17H,4,7-8,10H2,1-3H3. The molecule has 0 aliphatic carbocycles. The number of ether oxygens (including phenoxy) is 1. The zero-order valence-corrected chi connectivity index (χ0v) is 12.2. The lowest BCUT2D eigenvalue weighted by molar-refractivity contribution is 0.149. The molecule has 3 nitrogen and oxygen atoms in total. The molecule has 4 heteroatoms. The molecule has 1 N–H and O–H groups in total. The first kappa shape index (κ1) is 15.4. The summed E-state index contributed by atoms with van der Waals surface area (Å²) in [6.07, 6.45) is 5.52. The van der Waals surface area contributed by atoms with Crippen LogP contribution in [0.1, 0.15) is 25.8 Å². The molecule has 2 unspecified atom stereocenters. The highest BCUT2D eigenvalue weighted by Crippen LogP contribution is 2.18. The minimum absolute atomic E-state index is 0.431. The maximum atomic E-state index is 6.15. The molecule has 0 saturated heterocycles. The summed E-state index contributed by atoms with van der Waals surface area (Å²) >= 11 is 6.15. The van der Waals surface area contributed by atoms with Crippen LogP contribution in [0.5, 0.6) is 0 Å². The molecule has 1 aromatic rings. The average molecular weight is 271 g/mol. The second kappa shape index (κ2) is 8.46. The molecule has 0 radical (unpaired) electrons. The van der Waals surface area contributed by atoms with E-state index in [0.29, 0.717) is 12.0 Å². The van der Waals surface area contributed by atoms with Crippen LogP contribution < -0.4 is 5.32 Å². The summed E-state index contributed by atoms with van der Waals surface area (Å²) in [5, 5.41) is 4.26. The zero-order chi connectivity index (χ0) is 13.4. The lowest BCUT2D eigenvalue weighted by Gasteiger charge is -2.22. The molecule has 102 valence electrons. The van der Waals surface area contributed by atoms with E-state index in [1.807, 2.05) is 6.07 Å². The van der Waals surface area contributed by atoms with Gasteiger partial charge in [-0.15, -0.1) is 0 Å². The Hall–Kier alpha value is -0.640. The topological polar surface area (TPSA) is 34.2 Å². The fraction of sp³-hybridized carbons (Fsp3) is 0.643. The van der Waals surface area contributed by atoms with Gasteiger partial charge in [-0.3, -0.25) is 4.98 Å². The molecular formula is C14H23ClN2O. The van der Waals surface area contributed by atoms with E-state index in [0.717, 1.165) is 36.6 Å². The van der Waals surface area contributed by atoms with Crippen molar-refractivity contribution in [2.45, 2.75) is 32.7 Å². The largest absolute Gasteiger partial charge is 0.384 e. The molecule has 0 aliphatic rings. The molecule has 0 saturated carbocycles. The van der Waals surface area contributed by atoms with Gasteiger partial charge in [0.15, 0.2) is 0 Å². The van der Waals surface area contributed by atoms with Crippen LogP contribution in [0.3, 0.4) is 0 Å². The Morgan fingerprint density at radius 2 is 2.28 bits per heavy atom. The quantitative estimate of drug-likeness (QED) is 0.789. The Labute approximate surface area is 115 Å². The lowest BCUT2D eigenvalue weighted by Crippen LogP contribution is -2.33. The van der Waals surface area contributed by atoms with Gasteiger partial charge in [0.05, 0.1) is 5.02 Å². The number of rotatable bonds is 8. The second-order valence-electron chi connectivity index (χ2n) is 4.72. The molecule has 1 aromatic heterocycles. The highest BCUT2D eigenvalue weighted by molar-refractivity contribution is 6.31. The molecule has 0 aromatic carbocycles. The van der Waals surface area contributed by atoms with Gasteiger partial charge in [-0.25, -0.2) is 0 Å². The smallest absolute Gasteiger partial charge is 0.0621 e. The molecule has 0 bridgehead atoms. The molecule has 0 amide bonds. The van der Waals surface area contributed by atoms with Gasteiger partial charge < -0.3 is 10.1 Å². The Morgan fingerprint density at radius 1 is 1.50 bits per heavy atom. The summed E-state index contributed by atoms with van der Waals surface area (Å²) in [6.45, 7) is 6.10. The first-order valence-corrected chi connectivity index (χ1v) is 6.85. The normalized spacial score (nSPS) is 14.4. The molecular weight excluding hydrogens is 248 g/mol. The molecule has 1 rings (SSSR count). The number of nitrogens with zero attached hydrogens (tertiary/aromatic N) is 1. The van der Waals surface area contributed by atoms with Crippen LogP contribution in [0.25, 0.3) is 0 Å². The van der Waals surface area contributed by atoms with E-state index in [1.54, 1.807) is 19.5 Å². The predicted octanol–water partition coefficient (Wildman–Crippen LogP) is 2.93. The number of hydrogen-bond acceptors (Lipinski definition) is 3. The Morgan fingerprint density at radius 3 is 2.89 bits per heavy atom. The lowest BCUT2D eigenvalue weighted by atomic mass is 9.97. The van der Waals surface area contributed by atoms with Crippen molar-refractivity contribution in [3.63, 3.8) is 0 Å². The van der Waals surface area contributed by atoms with Crippen molar-refractivity contribution in [3.8, 4) is 0 Å². The number of aromatic nitrogens is 1. The fourth-order valence-electron chi connectivity index (χ4n) is 2.20. The second-order valence-corrected chi connectivity index (χ2v) is 5.13. The van der Waals surface area contributed by atoms with E-state index in [1.165, 1.54) is 0 Å². The Kier molecular flexibility index (Phi) is 7.25. The summed E-state index contributed by atoms with van der Waals surface area (Å²) in [5.74, 6) is 0.541. The number of halogens is 1. The van der Waals surface area contributed by atoms with Crippen LogP contribution in [-0.4, -0.2) is 31.3 Å². The maximum absolute atomic E-state index is 6.15. The van der Waals surface area contributed by atoms with Gasteiger partial charge in [0, 0.05) is 32.2 Å². The van der Waals surface area contributed by atoms with Gasteiger partial charge >= 0.3 is 0 Å². The molecule has 1 heterocycles. The van der Waals surface area contributed by atoms with Crippen molar-refractivity contribution >= 4 is 11.6 Å². The van der Waals surface area contributed by atoms with Crippen LogP contribution in [0.2, 0.25) is 5.02 Å². The SMILES string of the molecule is CCNC(Cc1ccncc1Cl)CC(C)COC. The summed E-state index contributed by atoms with van der Waals surface area (Å²) < 4.78 is 5.19. The molecule has 18 heavy (non-hydrogen) atoms. The van der Waals surface area contributed by atoms with Gasteiger partial charge in [-0.1, -0.05) is 25.4 Å². The fourth-order valence-corrected chi connectivity index (χ4v) is 2.40. The van der Waals surface area contributed by atoms with Crippen LogP contribution in [0.15, 0.2) is 18.5 Å². The summed E-state index contributed by atoms with van der Waals surface area (Å²) in [7, 11) is 1.75. The minimum atomic E-state index is 0.431. The number of likely N-dealkylation sites (N-methyl/N-ethyl adjacent to an activating group) is 1.